The zero-order valence-corrected chi connectivity index (χ0v) is 13.7. The van der Waals surface area contributed by atoms with E-state index in [0.717, 1.165) is 23.3 Å². The lowest BCUT2D eigenvalue weighted by molar-refractivity contribution is 0.595. The van der Waals surface area contributed by atoms with Gasteiger partial charge in [-0.05, 0) is 30.4 Å². The Morgan fingerprint density at radius 3 is 2.45 bits per heavy atom. The van der Waals surface area contributed by atoms with E-state index < -0.39 is 24.9 Å². The van der Waals surface area contributed by atoms with Gasteiger partial charge in [-0.2, -0.15) is 0 Å². The molecule has 0 saturated heterocycles. The first kappa shape index (κ1) is 17.1. The average molecular weight is 338 g/mol. The largest absolute Gasteiger partial charge is 0.397 e. The van der Waals surface area contributed by atoms with Crippen LogP contribution in [-0.4, -0.2) is 33.9 Å². The van der Waals surface area contributed by atoms with Crippen molar-refractivity contribution < 1.29 is 16.8 Å². The van der Waals surface area contributed by atoms with Crippen LogP contribution in [0, 0.1) is 0 Å². The summed E-state index contributed by atoms with van der Waals surface area (Å²) in [7, 11) is -7.61. The van der Waals surface area contributed by atoms with Gasteiger partial charge in [0.2, 0.25) is 10.0 Å². The van der Waals surface area contributed by atoms with Crippen LogP contribution in [0.1, 0.15) is 13.3 Å². The Bertz CT molecular complexity index is 669. The van der Waals surface area contributed by atoms with Crippen molar-refractivity contribution in [3.8, 4) is 0 Å². The van der Waals surface area contributed by atoms with Crippen LogP contribution in [-0.2, 0) is 19.9 Å². The SMILES string of the molecule is CCCSc1ccc(N)c(NS(=O)(=O)CS(C)(=O)=O)c1. The lowest BCUT2D eigenvalue weighted by Crippen LogP contribution is -2.22. The molecule has 0 aliphatic heterocycles. The number of sulfone groups is 1. The highest BCUT2D eigenvalue weighted by molar-refractivity contribution is 8.08. The third kappa shape index (κ3) is 6.02. The van der Waals surface area contributed by atoms with Crippen molar-refractivity contribution in [2.45, 2.75) is 18.2 Å². The number of nitrogen functional groups attached to an aromatic ring is 1. The minimum Gasteiger partial charge on any atom is -0.397 e. The van der Waals surface area contributed by atoms with Gasteiger partial charge in [0.15, 0.2) is 14.9 Å². The van der Waals surface area contributed by atoms with E-state index in [4.69, 9.17) is 5.73 Å². The van der Waals surface area contributed by atoms with Gasteiger partial charge in [-0.15, -0.1) is 11.8 Å². The lowest BCUT2D eigenvalue weighted by Gasteiger charge is -2.11. The van der Waals surface area contributed by atoms with E-state index in [-0.39, 0.29) is 11.4 Å². The minimum atomic E-state index is -3.98. The molecule has 0 unspecified atom stereocenters. The summed E-state index contributed by atoms with van der Waals surface area (Å²) in [6.45, 7) is 2.04. The fourth-order valence-corrected chi connectivity index (χ4v) is 5.22. The first-order valence-electron chi connectivity index (χ1n) is 5.83. The zero-order valence-electron chi connectivity index (χ0n) is 11.3. The van der Waals surface area contributed by atoms with Crippen molar-refractivity contribution in [3.05, 3.63) is 18.2 Å². The molecule has 0 spiro atoms. The van der Waals surface area contributed by atoms with Gasteiger partial charge in [-0.1, -0.05) is 6.92 Å². The van der Waals surface area contributed by atoms with Crippen molar-refractivity contribution in [3.63, 3.8) is 0 Å². The molecule has 114 valence electrons. The smallest absolute Gasteiger partial charge is 0.247 e. The molecule has 0 heterocycles. The molecule has 0 aromatic heterocycles. The van der Waals surface area contributed by atoms with E-state index in [0.29, 0.717) is 0 Å². The van der Waals surface area contributed by atoms with E-state index in [2.05, 4.69) is 4.72 Å². The Morgan fingerprint density at radius 1 is 1.25 bits per heavy atom. The van der Waals surface area contributed by atoms with E-state index in [1.807, 2.05) is 6.92 Å². The third-order valence-electron chi connectivity index (χ3n) is 2.13. The second-order valence-corrected chi connectivity index (χ2v) is 9.75. The third-order valence-corrected chi connectivity index (χ3v) is 6.82. The molecular formula is C11H18N2O4S3. The van der Waals surface area contributed by atoms with Crippen LogP contribution in [0.25, 0.3) is 0 Å². The summed E-state index contributed by atoms with van der Waals surface area (Å²) < 4.78 is 47.8. The highest BCUT2D eigenvalue weighted by Crippen LogP contribution is 2.27. The minimum absolute atomic E-state index is 0.203. The molecule has 1 rings (SSSR count). The van der Waals surface area contributed by atoms with Gasteiger partial charge < -0.3 is 5.73 Å². The molecule has 0 radical (unpaired) electrons. The highest BCUT2D eigenvalue weighted by Gasteiger charge is 2.19. The fourth-order valence-electron chi connectivity index (χ4n) is 1.41. The molecule has 9 heteroatoms. The fraction of sp³-hybridized carbons (Fsp3) is 0.455. The molecule has 6 nitrogen and oxygen atoms in total. The molecule has 3 N–H and O–H groups in total. The van der Waals surface area contributed by atoms with Crippen LogP contribution in [0.5, 0.6) is 0 Å². The van der Waals surface area contributed by atoms with E-state index >= 15 is 0 Å². The van der Waals surface area contributed by atoms with Gasteiger partial charge in [-0.25, -0.2) is 16.8 Å². The van der Waals surface area contributed by atoms with Crippen LogP contribution >= 0.6 is 11.8 Å². The number of nitrogens with two attached hydrogens (primary N) is 1. The summed E-state index contributed by atoms with van der Waals surface area (Å²) >= 11 is 1.57. The van der Waals surface area contributed by atoms with E-state index in [1.54, 1.807) is 30.0 Å². The molecular weight excluding hydrogens is 320 g/mol. The number of sulfonamides is 1. The molecule has 0 saturated carbocycles. The van der Waals surface area contributed by atoms with Crippen molar-refractivity contribution in [2.75, 3.05) is 27.5 Å². The van der Waals surface area contributed by atoms with Gasteiger partial charge in [0.1, 0.15) is 0 Å². The second kappa shape index (κ2) is 6.68. The first-order chi connectivity index (χ1) is 9.13. The Balaban J connectivity index is 2.96. The molecule has 0 amide bonds. The summed E-state index contributed by atoms with van der Waals surface area (Å²) in [5, 5.41) is -0.966. The van der Waals surface area contributed by atoms with Crippen LogP contribution in [0.2, 0.25) is 0 Å². The molecule has 1 aromatic carbocycles. The van der Waals surface area contributed by atoms with Gasteiger partial charge in [0.05, 0.1) is 11.4 Å². The van der Waals surface area contributed by atoms with Gasteiger partial charge >= 0.3 is 0 Å². The van der Waals surface area contributed by atoms with Crippen LogP contribution in [0.15, 0.2) is 23.1 Å². The van der Waals surface area contributed by atoms with E-state index in [9.17, 15) is 16.8 Å². The molecule has 20 heavy (non-hydrogen) atoms. The number of hydrogen-bond donors (Lipinski definition) is 2. The molecule has 0 aliphatic carbocycles. The number of rotatable bonds is 7. The Hall–Kier alpha value is -0.930. The summed E-state index contributed by atoms with van der Waals surface area (Å²) in [5.41, 5.74) is 6.16. The van der Waals surface area contributed by atoms with E-state index in [1.165, 1.54) is 0 Å². The maximum Gasteiger partial charge on any atom is 0.247 e. The quantitative estimate of drug-likeness (QED) is 0.576. The van der Waals surface area contributed by atoms with Crippen LogP contribution < -0.4 is 10.5 Å². The number of benzene rings is 1. The summed E-state index contributed by atoms with van der Waals surface area (Å²) in [6, 6.07) is 5.00. The van der Waals surface area contributed by atoms with Crippen molar-refractivity contribution in [2.24, 2.45) is 0 Å². The number of thioether (sulfide) groups is 1. The highest BCUT2D eigenvalue weighted by atomic mass is 32.3. The number of anilines is 2. The van der Waals surface area contributed by atoms with Crippen molar-refractivity contribution in [1.82, 2.24) is 0 Å². The zero-order chi connectivity index (χ0) is 15.4. The number of nitrogens with one attached hydrogen (secondary N) is 1. The molecule has 0 fully saturated rings. The lowest BCUT2D eigenvalue weighted by atomic mass is 10.3. The summed E-state index contributed by atoms with van der Waals surface area (Å²) in [4.78, 5) is 0.873. The Morgan fingerprint density at radius 2 is 1.90 bits per heavy atom. The van der Waals surface area contributed by atoms with Crippen LogP contribution in [0.3, 0.4) is 0 Å². The molecule has 0 atom stereocenters. The van der Waals surface area contributed by atoms with Gasteiger partial charge in [0, 0.05) is 11.2 Å². The Kier molecular flexibility index (Phi) is 5.72. The first-order valence-corrected chi connectivity index (χ1v) is 10.5. The van der Waals surface area contributed by atoms with Gasteiger partial charge in [0.25, 0.3) is 0 Å². The predicted molar refractivity (Wildman–Crippen MR) is 84.1 cm³/mol. The Labute approximate surface area is 124 Å². The average Bonchev–Trinajstić information content (AvgIpc) is 2.26. The molecule has 1 aromatic rings. The van der Waals surface area contributed by atoms with Crippen LogP contribution in [0.4, 0.5) is 11.4 Å². The normalized spacial score (nSPS) is 12.3. The van der Waals surface area contributed by atoms with Gasteiger partial charge in [-0.3, -0.25) is 4.72 Å². The molecule has 0 aliphatic rings. The summed E-state index contributed by atoms with van der Waals surface area (Å²) in [6.07, 6.45) is 1.85. The standard InChI is InChI=1S/C11H18N2O4S3/c1-3-6-18-9-4-5-10(12)11(7-9)13-20(16,17)8-19(2,14)15/h4-5,7,13H,3,6,8,12H2,1-2H3. The maximum atomic E-state index is 11.7. The second-order valence-electron chi connectivity index (χ2n) is 4.36. The topological polar surface area (TPSA) is 106 Å². The monoisotopic (exact) mass is 338 g/mol. The summed E-state index contributed by atoms with van der Waals surface area (Å²) in [5.74, 6) is 0.902. The van der Waals surface area contributed by atoms with Crippen molar-refractivity contribution in [1.29, 1.82) is 0 Å². The predicted octanol–water partition coefficient (Wildman–Crippen LogP) is 1.51. The van der Waals surface area contributed by atoms with Crippen molar-refractivity contribution >= 4 is 43.0 Å². The molecule has 0 bridgehead atoms. The number of hydrogen-bond acceptors (Lipinski definition) is 6. The maximum absolute atomic E-state index is 11.7.